The van der Waals surface area contributed by atoms with E-state index in [1.54, 1.807) is 6.92 Å². The first-order valence-corrected chi connectivity index (χ1v) is 8.63. The van der Waals surface area contributed by atoms with E-state index in [1.807, 2.05) is 0 Å². The number of rotatable bonds is 11. The maximum Gasteiger partial charge on any atom is 0.313 e. The second kappa shape index (κ2) is 10.6. The monoisotopic (exact) mass is 336 g/mol. The Bertz CT molecular complexity index is 313. The zero-order chi connectivity index (χ0) is 17.3. The molecule has 7 heteroatoms. The van der Waals surface area contributed by atoms with Gasteiger partial charge in [0.05, 0.1) is 13.2 Å². The first-order valence-electron chi connectivity index (χ1n) is 8.63. The number of hydrogen-bond acceptors (Lipinski definition) is 7. The van der Waals surface area contributed by atoms with Crippen LogP contribution in [0.2, 0.25) is 0 Å². The molecule has 1 fully saturated rings. The van der Waals surface area contributed by atoms with Gasteiger partial charge >= 0.3 is 5.97 Å². The molecule has 1 rings (SSSR count). The van der Waals surface area contributed by atoms with Crippen LogP contribution in [0.15, 0.2) is 0 Å². The molecule has 0 aliphatic carbocycles. The van der Waals surface area contributed by atoms with E-state index >= 15 is 0 Å². The lowest BCUT2D eigenvalue weighted by molar-refractivity contribution is -0.461. The summed E-state index contributed by atoms with van der Waals surface area (Å²) in [5.41, 5.74) is 0. The molecule has 0 aromatic rings. The lowest BCUT2D eigenvalue weighted by Crippen LogP contribution is -2.67. The van der Waals surface area contributed by atoms with E-state index in [0.29, 0.717) is 6.61 Å². The van der Waals surface area contributed by atoms with Crippen LogP contribution < -0.4 is 0 Å². The molecular formula is C16H32O7. The zero-order valence-electron chi connectivity index (χ0n) is 14.2. The zero-order valence-corrected chi connectivity index (χ0v) is 14.2. The van der Waals surface area contributed by atoms with E-state index in [0.717, 1.165) is 19.3 Å². The number of aliphatic hydroxyl groups is 4. The number of ether oxygens (including phenoxy) is 3. The Morgan fingerprint density at radius 2 is 1.57 bits per heavy atom. The summed E-state index contributed by atoms with van der Waals surface area (Å²) in [7, 11) is 0. The van der Waals surface area contributed by atoms with Crippen LogP contribution in [0.25, 0.3) is 0 Å². The molecule has 1 aliphatic rings. The number of unbranched alkanes of at least 4 members (excludes halogenated alkanes) is 5. The second-order valence-electron chi connectivity index (χ2n) is 5.92. The van der Waals surface area contributed by atoms with Gasteiger partial charge < -0.3 is 34.6 Å². The molecule has 0 unspecified atom stereocenters. The van der Waals surface area contributed by atoms with Crippen LogP contribution in [0.1, 0.15) is 52.4 Å². The van der Waals surface area contributed by atoms with Crippen LogP contribution >= 0.6 is 0 Å². The molecule has 0 saturated carbocycles. The molecule has 7 nitrogen and oxygen atoms in total. The fraction of sp³-hybridized carbons (Fsp3) is 1.00. The lowest BCUT2D eigenvalue weighted by atomic mass is 9.97. The molecule has 0 spiro atoms. The minimum absolute atomic E-state index is 0.189. The average Bonchev–Trinajstić information content (AvgIpc) is 2.55. The Kier molecular flexibility index (Phi) is 9.53. The van der Waals surface area contributed by atoms with Gasteiger partial charge in [0.25, 0.3) is 0 Å². The van der Waals surface area contributed by atoms with Crippen molar-refractivity contribution in [3.8, 4) is 0 Å². The Labute approximate surface area is 138 Å². The van der Waals surface area contributed by atoms with Crippen LogP contribution in [-0.4, -0.2) is 70.6 Å². The second-order valence-corrected chi connectivity index (χ2v) is 5.92. The summed E-state index contributed by atoms with van der Waals surface area (Å²) < 4.78 is 16.5. The molecular weight excluding hydrogens is 304 g/mol. The Hall–Kier alpha value is -0.280. The van der Waals surface area contributed by atoms with Gasteiger partial charge in [0, 0.05) is 6.61 Å². The molecule has 0 amide bonds. The Balaban J connectivity index is 2.56. The van der Waals surface area contributed by atoms with Crippen molar-refractivity contribution in [2.24, 2.45) is 0 Å². The van der Waals surface area contributed by atoms with Crippen molar-refractivity contribution in [3.05, 3.63) is 0 Å². The predicted octanol–water partition coefficient (Wildman–Crippen LogP) is 0.528. The highest BCUT2D eigenvalue weighted by atomic mass is 16.9. The summed E-state index contributed by atoms with van der Waals surface area (Å²) in [4.78, 5) is 0. The van der Waals surface area contributed by atoms with E-state index in [9.17, 15) is 20.4 Å². The van der Waals surface area contributed by atoms with Crippen LogP contribution in [-0.2, 0) is 14.2 Å². The average molecular weight is 336 g/mol. The maximum atomic E-state index is 10.2. The van der Waals surface area contributed by atoms with E-state index in [2.05, 4.69) is 6.92 Å². The largest absolute Gasteiger partial charge is 0.394 e. The highest BCUT2D eigenvalue weighted by Gasteiger charge is 2.55. The van der Waals surface area contributed by atoms with Crippen molar-refractivity contribution in [1.82, 2.24) is 0 Å². The molecule has 0 bridgehead atoms. The molecule has 4 N–H and O–H groups in total. The van der Waals surface area contributed by atoms with Crippen molar-refractivity contribution in [2.45, 2.75) is 82.8 Å². The van der Waals surface area contributed by atoms with Gasteiger partial charge in [-0.2, -0.15) is 0 Å². The topological polar surface area (TPSA) is 109 Å². The predicted molar refractivity (Wildman–Crippen MR) is 83.7 cm³/mol. The van der Waals surface area contributed by atoms with Crippen molar-refractivity contribution < 1.29 is 34.6 Å². The summed E-state index contributed by atoms with van der Waals surface area (Å²) >= 11 is 0. The third kappa shape index (κ3) is 5.63. The molecule has 0 aromatic carbocycles. The van der Waals surface area contributed by atoms with Gasteiger partial charge in [0.15, 0.2) is 6.10 Å². The lowest BCUT2D eigenvalue weighted by Gasteiger charge is -2.46. The summed E-state index contributed by atoms with van der Waals surface area (Å²) in [6.07, 6.45) is 0.917. The van der Waals surface area contributed by atoms with Crippen molar-refractivity contribution >= 4 is 0 Å². The van der Waals surface area contributed by atoms with Crippen molar-refractivity contribution in [3.63, 3.8) is 0 Å². The van der Waals surface area contributed by atoms with Crippen LogP contribution in [0.5, 0.6) is 0 Å². The highest BCUT2D eigenvalue weighted by molar-refractivity contribution is 4.93. The minimum atomic E-state index is -1.86. The third-order valence-corrected chi connectivity index (χ3v) is 4.06. The molecule has 5 atom stereocenters. The molecule has 1 aliphatic heterocycles. The molecule has 0 radical (unpaired) electrons. The SMILES string of the molecule is CCCCCCCCO[C@@]1(OCC)O[C@H](CO)[C@@H](O)[C@H](O)[C@H]1O. The van der Waals surface area contributed by atoms with E-state index in [-0.39, 0.29) is 6.61 Å². The van der Waals surface area contributed by atoms with E-state index in [4.69, 9.17) is 14.2 Å². The number of aliphatic hydroxyl groups excluding tert-OH is 4. The normalized spacial score (nSPS) is 34.7. The van der Waals surface area contributed by atoms with Gasteiger partial charge in [-0.1, -0.05) is 39.0 Å². The smallest absolute Gasteiger partial charge is 0.313 e. The van der Waals surface area contributed by atoms with Crippen LogP contribution in [0.3, 0.4) is 0 Å². The minimum Gasteiger partial charge on any atom is -0.394 e. The van der Waals surface area contributed by atoms with Gasteiger partial charge in [0.1, 0.15) is 18.3 Å². The van der Waals surface area contributed by atoms with Gasteiger partial charge in [-0.3, -0.25) is 0 Å². The van der Waals surface area contributed by atoms with E-state index < -0.39 is 37.0 Å². The molecule has 23 heavy (non-hydrogen) atoms. The first kappa shape index (κ1) is 20.8. The summed E-state index contributed by atoms with van der Waals surface area (Å²) in [5.74, 6) is -1.86. The van der Waals surface area contributed by atoms with Gasteiger partial charge in [0.2, 0.25) is 0 Å². The van der Waals surface area contributed by atoms with Crippen molar-refractivity contribution in [1.29, 1.82) is 0 Å². The standard InChI is InChI=1S/C16H32O7/c1-3-5-6-7-8-9-10-22-16(21-4-2)15(20)14(19)13(18)12(11-17)23-16/h12-15,17-20H,3-11H2,1-2H3/t12-,13-,14+,15-,16-/m1/s1. The molecule has 138 valence electrons. The summed E-state index contributed by atoms with van der Waals surface area (Å²) in [5, 5.41) is 39.2. The van der Waals surface area contributed by atoms with Crippen LogP contribution in [0.4, 0.5) is 0 Å². The highest BCUT2D eigenvalue weighted by Crippen LogP contribution is 2.32. The maximum absolute atomic E-state index is 10.2. The third-order valence-electron chi connectivity index (χ3n) is 4.06. The fourth-order valence-electron chi connectivity index (χ4n) is 2.69. The van der Waals surface area contributed by atoms with Gasteiger partial charge in [-0.05, 0) is 13.3 Å². The fourth-order valence-corrected chi connectivity index (χ4v) is 2.69. The Morgan fingerprint density at radius 3 is 2.17 bits per heavy atom. The molecule has 1 saturated heterocycles. The summed E-state index contributed by atoms with van der Waals surface area (Å²) in [6.45, 7) is 3.84. The molecule has 1 heterocycles. The summed E-state index contributed by atoms with van der Waals surface area (Å²) in [6, 6.07) is 0. The quantitative estimate of drug-likeness (QED) is 0.322. The van der Waals surface area contributed by atoms with Gasteiger partial charge in [-0.15, -0.1) is 0 Å². The number of hydrogen-bond donors (Lipinski definition) is 4. The van der Waals surface area contributed by atoms with Crippen LogP contribution in [0, 0.1) is 0 Å². The first-order chi connectivity index (χ1) is 11.0. The van der Waals surface area contributed by atoms with Crippen molar-refractivity contribution in [2.75, 3.05) is 19.8 Å². The Morgan fingerprint density at radius 1 is 0.913 bits per heavy atom. The van der Waals surface area contributed by atoms with E-state index in [1.165, 1.54) is 19.3 Å². The molecule has 0 aromatic heterocycles. The van der Waals surface area contributed by atoms with Gasteiger partial charge in [-0.25, -0.2) is 0 Å².